The molecule has 1 aliphatic heterocycles. The molecule has 0 saturated heterocycles. The summed E-state index contributed by atoms with van der Waals surface area (Å²) in [5.41, 5.74) is 0.676. The first kappa shape index (κ1) is 23.3. The second-order valence-electron chi connectivity index (χ2n) is 7.69. The molecule has 0 amide bonds. The first-order valence-corrected chi connectivity index (χ1v) is 9.71. The average Bonchev–Trinajstić information content (AvgIpc) is 2.62. The summed E-state index contributed by atoms with van der Waals surface area (Å²) in [5.74, 6) is -2.40. The van der Waals surface area contributed by atoms with E-state index in [2.05, 4.69) is 13.5 Å². The van der Waals surface area contributed by atoms with Gasteiger partial charge in [-0.05, 0) is 44.6 Å². The molecule has 27 heavy (non-hydrogen) atoms. The van der Waals surface area contributed by atoms with Crippen molar-refractivity contribution in [2.45, 2.75) is 72.0 Å². The highest BCUT2D eigenvalue weighted by Gasteiger charge is 2.42. The molecule has 0 aromatic heterocycles. The van der Waals surface area contributed by atoms with Crippen LogP contribution in [-0.2, 0) is 14.3 Å². The molecular formula is C22H34O5. The highest BCUT2D eigenvalue weighted by atomic mass is 16.5. The van der Waals surface area contributed by atoms with Crippen molar-refractivity contribution in [1.29, 1.82) is 0 Å². The molecule has 0 aliphatic carbocycles. The Labute approximate surface area is 162 Å². The van der Waals surface area contributed by atoms with Crippen LogP contribution in [-0.4, -0.2) is 40.3 Å². The van der Waals surface area contributed by atoms with Crippen LogP contribution in [0.2, 0.25) is 0 Å². The van der Waals surface area contributed by atoms with Gasteiger partial charge in [0.05, 0.1) is 6.61 Å². The fourth-order valence-electron chi connectivity index (χ4n) is 3.50. The minimum absolute atomic E-state index is 0.000652. The lowest BCUT2D eigenvalue weighted by Crippen LogP contribution is -2.48. The Bertz CT molecular complexity index is 631. The number of cyclic esters (lactones) is 1. The maximum Gasteiger partial charge on any atom is 0.316 e. The first-order valence-electron chi connectivity index (χ1n) is 9.71. The van der Waals surface area contributed by atoms with Gasteiger partial charge in [-0.25, -0.2) is 0 Å². The molecule has 4 atom stereocenters. The van der Waals surface area contributed by atoms with Gasteiger partial charge in [0, 0.05) is 6.42 Å². The number of carbonyl (C=O) groups is 2. The van der Waals surface area contributed by atoms with Gasteiger partial charge >= 0.3 is 5.97 Å². The Kier molecular flexibility index (Phi) is 8.63. The number of rotatable bonds is 3. The summed E-state index contributed by atoms with van der Waals surface area (Å²) in [4.78, 5) is 25.3. The number of esters is 1. The lowest BCUT2D eigenvalue weighted by Gasteiger charge is -2.29. The van der Waals surface area contributed by atoms with E-state index < -0.39 is 36.0 Å². The number of carbonyl (C=O) groups excluding carboxylic acids is 2. The van der Waals surface area contributed by atoms with Crippen molar-refractivity contribution in [2.24, 2.45) is 11.8 Å². The number of Topliss-reactive ketones (excluding diaryl/α,β-unsaturated/α-hetero) is 1. The van der Waals surface area contributed by atoms with E-state index in [1.165, 1.54) is 6.92 Å². The maximum atomic E-state index is 12.8. The van der Waals surface area contributed by atoms with Gasteiger partial charge in [-0.3, -0.25) is 9.59 Å². The van der Waals surface area contributed by atoms with E-state index in [1.807, 2.05) is 32.9 Å². The number of aliphatic hydroxyl groups excluding tert-OH is 1. The second kappa shape index (κ2) is 10.00. The standard InChI is InChI=1S/C22H34O5/c1-7-18-11-15(4)9-14(3)10-16(5)19(8-2)27-21(25)17(6)20(24)22(26,12-18)13-23/h10-11,15,17,19,23,26H,3,7-9,12-13H2,1-2,4-6H3/b16-10+,18-11+/t15-,17-,19-,22-/m0/s1. The van der Waals surface area contributed by atoms with Crippen molar-refractivity contribution in [3.63, 3.8) is 0 Å². The van der Waals surface area contributed by atoms with E-state index in [0.29, 0.717) is 19.3 Å². The molecule has 1 aliphatic rings. The molecule has 0 radical (unpaired) electrons. The van der Waals surface area contributed by atoms with Crippen LogP contribution in [0.1, 0.15) is 60.3 Å². The number of aliphatic hydroxyl groups is 2. The lowest BCUT2D eigenvalue weighted by molar-refractivity contribution is -0.161. The molecule has 5 nitrogen and oxygen atoms in total. The van der Waals surface area contributed by atoms with Crippen LogP contribution in [0.15, 0.2) is 35.5 Å². The quantitative estimate of drug-likeness (QED) is 0.446. The van der Waals surface area contributed by atoms with Crippen LogP contribution in [0.3, 0.4) is 0 Å². The van der Waals surface area contributed by atoms with Crippen LogP contribution < -0.4 is 0 Å². The van der Waals surface area contributed by atoms with E-state index >= 15 is 0 Å². The third-order valence-corrected chi connectivity index (χ3v) is 5.11. The molecule has 0 bridgehead atoms. The molecule has 2 N–H and O–H groups in total. The molecule has 1 rings (SSSR count). The molecule has 0 spiro atoms. The van der Waals surface area contributed by atoms with E-state index in [0.717, 1.165) is 16.7 Å². The van der Waals surface area contributed by atoms with Gasteiger partial charge in [-0.1, -0.05) is 50.6 Å². The van der Waals surface area contributed by atoms with E-state index in [4.69, 9.17) is 4.74 Å². The molecule has 0 fully saturated rings. The number of ether oxygens (including phenoxy) is 1. The van der Waals surface area contributed by atoms with E-state index in [-0.39, 0.29) is 12.3 Å². The predicted molar refractivity (Wildman–Crippen MR) is 106 cm³/mol. The number of allylic oxidation sites excluding steroid dienone is 3. The summed E-state index contributed by atoms with van der Waals surface area (Å²) in [6.45, 7) is 12.6. The topological polar surface area (TPSA) is 83.8 Å². The van der Waals surface area contributed by atoms with Crippen LogP contribution in [0, 0.1) is 11.8 Å². The molecule has 152 valence electrons. The van der Waals surface area contributed by atoms with Crippen molar-refractivity contribution < 1.29 is 24.5 Å². The smallest absolute Gasteiger partial charge is 0.316 e. The minimum atomic E-state index is -1.99. The highest BCUT2D eigenvalue weighted by molar-refractivity contribution is 6.03. The van der Waals surface area contributed by atoms with Crippen LogP contribution in [0.5, 0.6) is 0 Å². The molecule has 0 saturated carbocycles. The Balaban J connectivity index is 3.38. The predicted octanol–water partition coefficient (Wildman–Crippen LogP) is 3.51. The summed E-state index contributed by atoms with van der Waals surface area (Å²) in [6, 6.07) is 0. The highest BCUT2D eigenvalue weighted by Crippen LogP contribution is 2.28. The van der Waals surface area contributed by atoms with E-state index in [9.17, 15) is 19.8 Å². The van der Waals surface area contributed by atoms with Gasteiger partial charge in [0.25, 0.3) is 0 Å². The van der Waals surface area contributed by atoms with Gasteiger partial charge in [-0.15, -0.1) is 0 Å². The van der Waals surface area contributed by atoms with Gasteiger partial charge in [0.2, 0.25) is 0 Å². The monoisotopic (exact) mass is 378 g/mol. The normalized spacial score (nSPS) is 35.5. The zero-order valence-corrected chi connectivity index (χ0v) is 17.2. The van der Waals surface area contributed by atoms with E-state index in [1.54, 1.807) is 0 Å². The molecule has 1 heterocycles. The average molecular weight is 379 g/mol. The fourth-order valence-corrected chi connectivity index (χ4v) is 3.50. The fraction of sp³-hybridized carbons (Fsp3) is 0.636. The van der Waals surface area contributed by atoms with Crippen molar-refractivity contribution >= 4 is 11.8 Å². The molecule has 5 heteroatoms. The van der Waals surface area contributed by atoms with Gasteiger partial charge in [0.15, 0.2) is 11.4 Å². The van der Waals surface area contributed by atoms with Crippen molar-refractivity contribution in [1.82, 2.24) is 0 Å². The SMILES string of the molecule is C=C1/C=C(\C)[C@H](CC)OC(=O)[C@@H](C)C(=O)[C@@](O)(CO)C/C(CC)=C/[C@@H](C)C1. The summed E-state index contributed by atoms with van der Waals surface area (Å²) in [5, 5.41) is 20.5. The van der Waals surface area contributed by atoms with Crippen LogP contribution >= 0.6 is 0 Å². The lowest BCUT2D eigenvalue weighted by atomic mass is 9.83. The number of hydrogen-bond acceptors (Lipinski definition) is 5. The Morgan fingerprint density at radius 3 is 2.44 bits per heavy atom. The van der Waals surface area contributed by atoms with Crippen molar-refractivity contribution in [3.8, 4) is 0 Å². The van der Waals surface area contributed by atoms with Gasteiger partial charge in [0.1, 0.15) is 12.0 Å². The second-order valence-corrected chi connectivity index (χ2v) is 7.69. The Morgan fingerprint density at radius 2 is 1.93 bits per heavy atom. The molecular weight excluding hydrogens is 344 g/mol. The van der Waals surface area contributed by atoms with Gasteiger partial charge < -0.3 is 14.9 Å². The summed E-state index contributed by atoms with van der Waals surface area (Å²) < 4.78 is 5.53. The zero-order chi connectivity index (χ0) is 20.8. The first-order chi connectivity index (χ1) is 12.6. The maximum absolute atomic E-state index is 12.8. The van der Waals surface area contributed by atoms with Crippen molar-refractivity contribution in [2.75, 3.05) is 6.61 Å². The van der Waals surface area contributed by atoms with Crippen LogP contribution in [0.25, 0.3) is 0 Å². The largest absolute Gasteiger partial charge is 0.457 e. The van der Waals surface area contributed by atoms with Crippen LogP contribution in [0.4, 0.5) is 0 Å². The Hall–Kier alpha value is -1.72. The number of hydrogen-bond donors (Lipinski definition) is 2. The minimum Gasteiger partial charge on any atom is -0.457 e. The summed E-state index contributed by atoms with van der Waals surface area (Å²) >= 11 is 0. The van der Waals surface area contributed by atoms with Gasteiger partial charge in [-0.2, -0.15) is 0 Å². The molecule has 0 aromatic rings. The molecule has 0 aromatic carbocycles. The Morgan fingerprint density at radius 1 is 1.30 bits per heavy atom. The molecule has 0 unspecified atom stereocenters. The number of ketones is 1. The third-order valence-electron chi connectivity index (χ3n) is 5.11. The third kappa shape index (κ3) is 6.15. The summed E-state index contributed by atoms with van der Waals surface area (Å²) in [6.07, 6.45) is 5.44. The van der Waals surface area contributed by atoms with Crippen molar-refractivity contribution in [3.05, 3.63) is 35.5 Å². The summed E-state index contributed by atoms with van der Waals surface area (Å²) in [7, 11) is 0. The zero-order valence-electron chi connectivity index (χ0n) is 17.2.